The SMILES string of the molecule is CCC(Nc1ccccc1Cl)c1cccs1. The van der Waals surface area contributed by atoms with E-state index in [2.05, 4.69) is 29.8 Å². The Kier molecular flexibility index (Phi) is 3.86. The average molecular weight is 252 g/mol. The number of rotatable bonds is 4. The lowest BCUT2D eigenvalue weighted by Gasteiger charge is -2.17. The minimum absolute atomic E-state index is 0.347. The minimum atomic E-state index is 0.347. The maximum atomic E-state index is 6.13. The van der Waals surface area contributed by atoms with Crippen molar-refractivity contribution in [3.8, 4) is 0 Å². The van der Waals surface area contributed by atoms with Gasteiger partial charge in [0.1, 0.15) is 0 Å². The first kappa shape index (κ1) is 11.5. The number of nitrogens with one attached hydrogen (secondary N) is 1. The molecule has 16 heavy (non-hydrogen) atoms. The van der Waals surface area contributed by atoms with Crippen LogP contribution < -0.4 is 5.32 Å². The molecule has 1 nitrogen and oxygen atoms in total. The van der Waals surface area contributed by atoms with Crippen LogP contribution in [0.5, 0.6) is 0 Å². The number of thiophene rings is 1. The van der Waals surface area contributed by atoms with Crippen molar-refractivity contribution in [2.75, 3.05) is 5.32 Å². The van der Waals surface area contributed by atoms with Gasteiger partial charge in [-0.2, -0.15) is 0 Å². The van der Waals surface area contributed by atoms with Crippen molar-refractivity contribution in [3.05, 3.63) is 51.7 Å². The molecule has 1 aromatic carbocycles. The van der Waals surface area contributed by atoms with Gasteiger partial charge in [0, 0.05) is 4.88 Å². The Hall–Kier alpha value is -0.990. The van der Waals surface area contributed by atoms with Gasteiger partial charge in [0.2, 0.25) is 0 Å². The lowest BCUT2D eigenvalue weighted by Crippen LogP contribution is -2.08. The highest BCUT2D eigenvalue weighted by atomic mass is 35.5. The number of benzene rings is 1. The zero-order valence-corrected chi connectivity index (χ0v) is 10.7. The van der Waals surface area contributed by atoms with Gasteiger partial charge in [0.15, 0.2) is 0 Å². The Morgan fingerprint density at radius 3 is 2.69 bits per heavy atom. The summed E-state index contributed by atoms with van der Waals surface area (Å²) < 4.78 is 0. The number of hydrogen-bond donors (Lipinski definition) is 1. The van der Waals surface area contributed by atoms with Gasteiger partial charge in [-0.1, -0.05) is 36.7 Å². The molecule has 0 aliphatic heterocycles. The van der Waals surface area contributed by atoms with Gasteiger partial charge in [0.25, 0.3) is 0 Å². The van der Waals surface area contributed by atoms with Crippen molar-refractivity contribution in [1.82, 2.24) is 0 Å². The molecule has 0 aliphatic carbocycles. The fourth-order valence-corrected chi connectivity index (χ4v) is 2.68. The second kappa shape index (κ2) is 5.37. The molecule has 0 radical (unpaired) electrons. The molecule has 2 aromatic rings. The van der Waals surface area contributed by atoms with Gasteiger partial charge >= 0.3 is 0 Å². The third kappa shape index (κ3) is 2.57. The predicted octanol–water partition coefficient (Wildman–Crippen LogP) is 4.96. The zero-order valence-electron chi connectivity index (χ0n) is 9.11. The van der Waals surface area contributed by atoms with Crippen LogP contribution in [0.1, 0.15) is 24.3 Å². The van der Waals surface area contributed by atoms with Gasteiger partial charge in [-0.25, -0.2) is 0 Å². The van der Waals surface area contributed by atoms with E-state index in [9.17, 15) is 0 Å². The molecule has 84 valence electrons. The standard InChI is InChI=1S/C13H14ClNS/c1-2-11(13-8-5-9-16-13)15-12-7-4-3-6-10(12)14/h3-9,11,15H,2H2,1H3. The number of anilines is 1. The van der Waals surface area contributed by atoms with Crippen LogP contribution >= 0.6 is 22.9 Å². The highest BCUT2D eigenvalue weighted by Gasteiger charge is 2.10. The summed E-state index contributed by atoms with van der Waals surface area (Å²) in [6, 6.07) is 12.4. The van der Waals surface area contributed by atoms with Crippen molar-refractivity contribution in [3.63, 3.8) is 0 Å². The molecule has 3 heteroatoms. The van der Waals surface area contributed by atoms with E-state index in [0.29, 0.717) is 6.04 Å². The van der Waals surface area contributed by atoms with E-state index in [1.54, 1.807) is 11.3 Å². The molecule has 0 fully saturated rings. The summed E-state index contributed by atoms with van der Waals surface area (Å²) in [6.45, 7) is 2.17. The van der Waals surface area contributed by atoms with Crippen LogP contribution in [0.3, 0.4) is 0 Å². The monoisotopic (exact) mass is 251 g/mol. The number of hydrogen-bond acceptors (Lipinski definition) is 2. The van der Waals surface area contributed by atoms with Gasteiger partial charge in [-0.3, -0.25) is 0 Å². The molecule has 0 bridgehead atoms. The van der Waals surface area contributed by atoms with Crippen LogP contribution in [0.15, 0.2) is 41.8 Å². The second-order valence-electron chi connectivity index (χ2n) is 3.60. The summed E-state index contributed by atoms with van der Waals surface area (Å²) in [4.78, 5) is 1.35. The van der Waals surface area contributed by atoms with Crippen LogP contribution in [-0.2, 0) is 0 Å². The van der Waals surface area contributed by atoms with Crippen molar-refractivity contribution in [2.45, 2.75) is 19.4 Å². The first-order valence-corrected chi connectivity index (χ1v) is 6.61. The highest BCUT2D eigenvalue weighted by Crippen LogP contribution is 2.29. The summed E-state index contributed by atoms with van der Waals surface area (Å²) in [5.74, 6) is 0. The summed E-state index contributed by atoms with van der Waals surface area (Å²) in [7, 11) is 0. The van der Waals surface area contributed by atoms with E-state index in [1.165, 1.54) is 4.88 Å². The molecule has 0 spiro atoms. The molecular weight excluding hydrogens is 238 g/mol. The quantitative estimate of drug-likeness (QED) is 0.810. The molecule has 0 saturated carbocycles. The van der Waals surface area contributed by atoms with E-state index in [-0.39, 0.29) is 0 Å². The second-order valence-corrected chi connectivity index (χ2v) is 4.99. The molecule has 0 amide bonds. The Morgan fingerprint density at radius 2 is 2.06 bits per heavy atom. The normalized spacial score (nSPS) is 12.4. The van der Waals surface area contributed by atoms with Gasteiger partial charge in [0.05, 0.1) is 16.8 Å². The van der Waals surface area contributed by atoms with Gasteiger partial charge in [-0.15, -0.1) is 11.3 Å². The maximum Gasteiger partial charge on any atom is 0.0637 e. The lowest BCUT2D eigenvalue weighted by molar-refractivity contribution is 0.764. The summed E-state index contributed by atoms with van der Waals surface area (Å²) in [5.41, 5.74) is 1.00. The van der Waals surface area contributed by atoms with E-state index in [0.717, 1.165) is 17.1 Å². The van der Waals surface area contributed by atoms with Crippen molar-refractivity contribution >= 4 is 28.6 Å². The average Bonchev–Trinajstić information content (AvgIpc) is 2.81. The third-order valence-corrected chi connectivity index (χ3v) is 3.81. The minimum Gasteiger partial charge on any atom is -0.376 e. The Labute approximate surface area is 105 Å². The van der Waals surface area contributed by atoms with Crippen LogP contribution in [0.4, 0.5) is 5.69 Å². The number of halogens is 1. The molecular formula is C13H14ClNS. The lowest BCUT2D eigenvalue weighted by atomic mass is 10.1. The summed E-state index contributed by atoms with van der Waals surface area (Å²) in [6.07, 6.45) is 1.05. The molecule has 2 rings (SSSR count). The van der Waals surface area contributed by atoms with E-state index in [1.807, 2.05) is 24.3 Å². The summed E-state index contributed by atoms with van der Waals surface area (Å²) in [5, 5.41) is 6.36. The first-order valence-electron chi connectivity index (χ1n) is 5.35. The molecule has 1 unspecified atom stereocenters. The molecule has 1 N–H and O–H groups in total. The molecule has 0 aliphatic rings. The van der Waals surface area contributed by atoms with E-state index in [4.69, 9.17) is 11.6 Å². The molecule has 1 aromatic heterocycles. The van der Waals surface area contributed by atoms with Crippen LogP contribution in [0.25, 0.3) is 0 Å². The maximum absolute atomic E-state index is 6.13. The van der Waals surface area contributed by atoms with Gasteiger partial charge in [-0.05, 0) is 30.0 Å². The predicted molar refractivity (Wildman–Crippen MR) is 72.4 cm³/mol. The molecule has 0 saturated heterocycles. The molecule has 1 atom stereocenters. The first-order chi connectivity index (χ1) is 7.81. The third-order valence-electron chi connectivity index (χ3n) is 2.50. The number of para-hydroxylation sites is 1. The fourth-order valence-electron chi connectivity index (χ4n) is 1.63. The van der Waals surface area contributed by atoms with Crippen molar-refractivity contribution < 1.29 is 0 Å². The van der Waals surface area contributed by atoms with E-state index < -0.39 is 0 Å². The van der Waals surface area contributed by atoms with E-state index >= 15 is 0 Å². The Balaban J connectivity index is 2.17. The largest absolute Gasteiger partial charge is 0.376 e. The van der Waals surface area contributed by atoms with Gasteiger partial charge < -0.3 is 5.32 Å². The van der Waals surface area contributed by atoms with Crippen molar-refractivity contribution in [1.29, 1.82) is 0 Å². The smallest absolute Gasteiger partial charge is 0.0637 e. The highest BCUT2D eigenvalue weighted by molar-refractivity contribution is 7.10. The fraction of sp³-hybridized carbons (Fsp3) is 0.231. The zero-order chi connectivity index (χ0) is 11.4. The van der Waals surface area contributed by atoms with Crippen LogP contribution in [0.2, 0.25) is 5.02 Å². The summed E-state index contributed by atoms with van der Waals surface area (Å²) >= 11 is 7.90. The van der Waals surface area contributed by atoms with Crippen LogP contribution in [-0.4, -0.2) is 0 Å². The Morgan fingerprint density at radius 1 is 1.25 bits per heavy atom. The topological polar surface area (TPSA) is 12.0 Å². The Bertz CT molecular complexity index is 439. The van der Waals surface area contributed by atoms with Crippen LogP contribution in [0, 0.1) is 0 Å². The van der Waals surface area contributed by atoms with Crippen molar-refractivity contribution in [2.24, 2.45) is 0 Å². The molecule has 1 heterocycles.